The summed E-state index contributed by atoms with van der Waals surface area (Å²) < 4.78 is 0. The van der Waals surface area contributed by atoms with Crippen molar-refractivity contribution in [1.29, 1.82) is 0 Å². The number of hydrogen-bond donors (Lipinski definition) is 1. The van der Waals surface area contributed by atoms with Crippen LogP contribution in [0.2, 0.25) is 5.02 Å². The molecule has 0 aliphatic carbocycles. The molecule has 0 saturated carbocycles. The van der Waals surface area contributed by atoms with Crippen LogP contribution in [-0.2, 0) is 4.79 Å². The minimum Gasteiger partial charge on any atom is -0.366 e. The fourth-order valence-corrected chi connectivity index (χ4v) is 3.22. The van der Waals surface area contributed by atoms with E-state index in [0.717, 1.165) is 22.2 Å². The maximum atomic E-state index is 12.4. The zero-order chi connectivity index (χ0) is 17.6. The summed E-state index contributed by atoms with van der Waals surface area (Å²) in [5.41, 5.74) is 1.70. The summed E-state index contributed by atoms with van der Waals surface area (Å²) >= 11 is 6.99. The van der Waals surface area contributed by atoms with Crippen LogP contribution in [0.15, 0.2) is 71.7 Å². The van der Waals surface area contributed by atoms with Crippen molar-refractivity contribution in [3.05, 3.63) is 82.2 Å². The number of amides is 2. The van der Waals surface area contributed by atoms with Gasteiger partial charge in [0, 0.05) is 0 Å². The predicted molar refractivity (Wildman–Crippen MR) is 103 cm³/mol. The highest BCUT2D eigenvalue weighted by Gasteiger charge is 2.34. The lowest BCUT2D eigenvalue weighted by atomic mass is 10.2. The standard InChI is InChI=1S/C19H15ClN2O2S/c20-15-10-4-5-11-16(15)21-13-22-18(23)17(25-19(22)24)12-6-9-14-7-2-1-3-8-14/h1-12,21H,13H2/b9-6+,17-12?. The van der Waals surface area contributed by atoms with Crippen molar-refractivity contribution in [2.45, 2.75) is 0 Å². The molecule has 0 bridgehead atoms. The van der Waals surface area contributed by atoms with Gasteiger partial charge in [0.05, 0.1) is 22.3 Å². The van der Waals surface area contributed by atoms with E-state index in [1.54, 1.807) is 24.3 Å². The van der Waals surface area contributed by atoms with Crippen LogP contribution in [0.4, 0.5) is 10.5 Å². The SMILES string of the molecule is O=C1SC(=C/C=C/c2ccccc2)C(=O)N1CNc1ccccc1Cl. The van der Waals surface area contributed by atoms with Crippen molar-refractivity contribution in [3.63, 3.8) is 0 Å². The first kappa shape index (κ1) is 17.3. The summed E-state index contributed by atoms with van der Waals surface area (Å²) in [6, 6.07) is 16.9. The molecule has 1 N–H and O–H groups in total. The largest absolute Gasteiger partial charge is 0.366 e. The lowest BCUT2D eigenvalue weighted by molar-refractivity contribution is -0.122. The number of rotatable bonds is 5. The van der Waals surface area contributed by atoms with Crippen LogP contribution < -0.4 is 5.32 Å². The number of imide groups is 1. The topological polar surface area (TPSA) is 49.4 Å². The maximum absolute atomic E-state index is 12.4. The number of allylic oxidation sites excluding steroid dienone is 2. The Balaban J connectivity index is 1.65. The lowest BCUT2D eigenvalue weighted by Crippen LogP contribution is -2.33. The smallest absolute Gasteiger partial charge is 0.295 e. The normalized spacial score (nSPS) is 16.2. The van der Waals surface area contributed by atoms with E-state index in [-0.39, 0.29) is 17.8 Å². The molecule has 2 aromatic rings. The van der Waals surface area contributed by atoms with Crippen LogP contribution in [0.1, 0.15) is 5.56 Å². The zero-order valence-electron chi connectivity index (χ0n) is 13.2. The van der Waals surface area contributed by atoms with Crippen LogP contribution in [-0.4, -0.2) is 22.7 Å². The minimum absolute atomic E-state index is 0.0775. The molecule has 0 radical (unpaired) electrons. The van der Waals surface area contributed by atoms with Crippen molar-refractivity contribution in [1.82, 2.24) is 4.90 Å². The Morgan fingerprint density at radius 2 is 1.76 bits per heavy atom. The Hall–Kier alpha value is -2.50. The summed E-state index contributed by atoms with van der Waals surface area (Å²) in [5, 5.41) is 3.25. The molecule has 1 fully saturated rings. The molecular weight excluding hydrogens is 356 g/mol. The highest BCUT2D eigenvalue weighted by atomic mass is 35.5. The molecule has 2 aromatic carbocycles. The Bertz CT molecular complexity index is 850. The third-order valence-electron chi connectivity index (χ3n) is 3.51. The van der Waals surface area contributed by atoms with Gasteiger partial charge in [0.2, 0.25) is 0 Å². The highest BCUT2D eigenvalue weighted by molar-refractivity contribution is 8.18. The number of thioether (sulfide) groups is 1. The molecule has 25 heavy (non-hydrogen) atoms. The Morgan fingerprint density at radius 1 is 1.04 bits per heavy atom. The van der Waals surface area contributed by atoms with Crippen molar-refractivity contribution in [2.75, 3.05) is 12.0 Å². The molecule has 4 nitrogen and oxygen atoms in total. The summed E-state index contributed by atoms with van der Waals surface area (Å²) in [6.07, 6.45) is 5.32. The molecule has 1 aliphatic heterocycles. The molecule has 0 aromatic heterocycles. The van der Waals surface area contributed by atoms with Gasteiger partial charge >= 0.3 is 0 Å². The Morgan fingerprint density at radius 3 is 2.52 bits per heavy atom. The third-order valence-corrected chi connectivity index (χ3v) is 4.77. The monoisotopic (exact) mass is 370 g/mol. The van der Waals surface area contributed by atoms with Gasteiger partial charge in [0.1, 0.15) is 0 Å². The Labute approximate surface area is 155 Å². The number of benzene rings is 2. The summed E-state index contributed by atoms with van der Waals surface area (Å²) in [4.78, 5) is 26.0. The molecule has 0 atom stereocenters. The van der Waals surface area contributed by atoms with Crippen LogP contribution in [0.25, 0.3) is 6.08 Å². The number of carbonyl (C=O) groups is 2. The first-order valence-corrected chi connectivity index (χ1v) is 8.80. The van der Waals surface area contributed by atoms with Crippen molar-refractivity contribution in [2.24, 2.45) is 0 Å². The van der Waals surface area contributed by atoms with Crippen molar-refractivity contribution >= 4 is 46.3 Å². The number of nitrogens with one attached hydrogen (secondary N) is 1. The Kier molecular flexibility index (Phi) is 5.58. The van der Waals surface area contributed by atoms with Crippen molar-refractivity contribution in [3.8, 4) is 0 Å². The zero-order valence-corrected chi connectivity index (χ0v) is 14.8. The second-order valence-corrected chi connectivity index (χ2v) is 6.62. The van der Waals surface area contributed by atoms with Gasteiger partial charge in [-0.05, 0) is 35.5 Å². The quantitative estimate of drug-likeness (QED) is 0.752. The molecule has 1 aliphatic rings. The van der Waals surface area contributed by atoms with Gasteiger partial charge in [0.25, 0.3) is 11.1 Å². The van der Waals surface area contributed by atoms with E-state index in [4.69, 9.17) is 11.6 Å². The average molecular weight is 371 g/mol. The molecule has 3 rings (SSSR count). The maximum Gasteiger partial charge on any atom is 0.295 e. The molecule has 6 heteroatoms. The number of carbonyl (C=O) groups excluding carboxylic acids is 2. The fourth-order valence-electron chi connectivity index (χ4n) is 2.23. The summed E-state index contributed by atoms with van der Waals surface area (Å²) in [6.45, 7) is 0.0775. The van der Waals surface area contributed by atoms with Gasteiger partial charge in [-0.1, -0.05) is 66.2 Å². The van der Waals surface area contributed by atoms with Gasteiger partial charge in [0.15, 0.2) is 0 Å². The van der Waals surface area contributed by atoms with Crippen LogP contribution in [0, 0.1) is 0 Å². The second kappa shape index (κ2) is 8.05. The van der Waals surface area contributed by atoms with E-state index in [1.165, 1.54) is 0 Å². The predicted octanol–water partition coefficient (Wildman–Crippen LogP) is 5.00. The van der Waals surface area contributed by atoms with E-state index < -0.39 is 0 Å². The van der Waals surface area contributed by atoms with Gasteiger partial charge in [-0.15, -0.1) is 0 Å². The van der Waals surface area contributed by atoms with Gasteiger partial charge < -0.3 is 5.32 Å². The lowest BCUT2D eigenvalue weighted by Gasteiger charge is -2.15. The molecule has 0 spiro atoms. The van der Waals surface area contributed by atoms with Crippen molar-refractivity contribution < 1.29 is 9.59 Å². The van der Waals surface area contributed by atoms with Gasteiger partial charge in [-0.2, -0.15) is 0 Å². The first-order chi connectivity index (χ1) is 12.1. The molecule has 1 heterocycles. The second-order valence-electron chi connectivity index (χ2n) is 5.22. The van der Waals surface area contributed by atoms with Gasteiger partial charge in [-0.25, -0.2) is 0 Å². The molecule has 1 saturated heterocycles. The summed E-state index contributed by atoms with van der Waals surface area (Å²) in [7, 11) is 0. The van der Waals surface area contributed by atoms with E-state index in [1.807, 2.05) is 48.5 Å². The molecule has 2 amide bonds. The minimum atomic E-state index is -0.313. The molecule has 126 valence electrons. The number of nitrogens with zero attached hydrogens (tertiary/aromatic N) is 1. The van der Waals surface area contributed by atoms with E-state index in [0.29, 0.717) is 15.6 Å². The van der Waals surface area contributed by atoms with E-state index in [2.05, 4.69) is 5.32 Å². The average Bonchev–Trinajstić information content (AvgIpc) is 2.89. The third kappa shape index (κ3) is 4.32. The number of halogens is 1. The summed E-state index contributed by atoms with van der Waals surface area (Å²) in [5.74, 6) is -0.313. The first-order valence-electron chi connectivity index (χ1n) is 7.60. The number of anilines is 1. The van der Waals surface area contributed by atoms with Crippen LogP contribution in [0.5, 0.6) is 0 Å². The van der Waals surface area contributed by atoms with E-state index >= 15 is 0 Å². The van der Waals surface area contributed by atoms with Crippen LogP contribution >= 0.6 is 23.4 Å². The molecule has 0 unspecified atom stereocenters. The molecular formula is C19H15ClN2O2S. The van der Waals surface area contributed by atoms with Crippen LogP contribution in [0.3, 0.4) is 0 Å². The number of para-hydroxylation sites is 1. The van der Waals surface area contributed by atoms with E-state index in [9.17, 15) is 9.59 Å². The van der Waals surface area contributed by atoms with Gasteiger partial charge in [-0.3, -0.25) is 14.5 Å². The fraction of sp³-hybridized carbons (Fsp3) is 0.0526. The highest BCUT2D eigenvalue weighted by Crippen LogP contribution is 2.31. The number of hydrogen-bond acceptors (Lipinski definition) is 4.